The van der Waals surface area contributed by atoms with Crippen LogP contribution in [-0.4, -0.2) is 17.6 Å². The lowest BCUT2D eigenvalue weighted by Crippen LogP contribution is -2.15. The molecule has 0 aliphatic rings. The van der Waals surface area contributed by atoms with Gasteiger partial charge in [0.25, 0.3) is 0 Å². The second-order valence-corrected chi connectivity index (χ2v) is 4.66. The van der Waals surface area contributed by atoms with Crippen LogP contribution in [-0.2, 0) is 11.2 Å². The highest BCUT2D eigenvalue weighted by Gasteiger charge is 2.15. The second-order valence-electron chi connectivity index (χ2n) is 4.66. The summed E-state index contributed by atoms with van der Waals surface area (Å²) < 4.78 is 0. The highest BCUT2D eigenvalue weighted by atomic mass is 16.4. The van der Waals surface area contributed by atoms with Crippen LogP contribution < -0.4 is 5.32 Å². The first-order valence-corrected chi connectivity index (χ1v) is 6.23. The van der Waals surface area contributed by atoms with E-state index in [1.165, 1.54) is 0 Å². The highest BCUT2D eigenvalue weighted by Crippen LogP contribution is 2.15. The van der Waals surface area contributed by atoms with E-state index in [0.717, 1.165) is 23.4 Å². The van der Waals surface area contributed by atoms with Crippen LogP contribution in [0.1, 0.15) is 25.8 Å². The molecule has 18 heavy (non-hydrogen) atoms. The zero-order valence-corrected chi connectivity index (χ0v) is 11.1. The first kappa shape index (κ1) is 14.3. The Morgan fingerprint density at radius 3 is 2.44 bits per heavy atom. The maximum Gasteiger partial charge on any atom is 0.306 e. The molecule has 0 heterocycles. The van der Waals surface area contributed by atoms with Gasteiger partial charge in [-0.15, -0.1) is 0 Å². The van der Waals surface area contributed by atoms with Gasteiger partial charge in [-0.1, -0.05) is 31.2 Å². The summed E-state index contributed by atoms with van der Waals surface area (Å²) >= 11 is 0. The van der Waals surface area contributed by atoms with Crippen molar-refractivity contribution in [3.8, 4) is 0 Å². The lowest BCUT2D eigenvalue weighted by atomic mass is 9.97. The van der Waals surface area contributed by atoms with Crippen molar-refractivity contribution in [3.05, 3.63) is 42.0 Å². The lowest BCUT2D eigenvalue weighted by Gasteiger charge is -2.11. The molecule has 0 bridgehead atoms. The van der Waals surface area contributed by atoms with Gasteiger partial charge in [-0.05, 0) is 37.5 Å². The van der Waals surface area contributed by atoms with E-state index in [9.17, 15) is 4.79 Å². The minimum Gasteiger partial charge on any atom is -0.481 e. The summed E-state index contributed by atoms with van der Waals surface area (Å²) in [6.45, 7) is 8.46. The summed E-state index contributed by atoms with van der Waals surface area (Å²) in [5, 5.41) is 12.3. The van der Waals surface area contributed by atoms with Gasteiger partial charge in [0, 0.05) is 12.2 Å². The molecule has 0 fully saturated rings. The third-order valence-corrected chi connectivity index (χ3v) is 2.87. The lowest BCUT2D eigenvalue weighted by molar-refractivity contribution is -0.141. The van der Waals surface area contributed by atoms with Gasteiger partial charge in [-0.25, -0.2) is 0 Å². The molecule has 3 nitrogen and oxygen atoms in total. The molecular weight excluding hydrogens is 226 g/mol. The maximum atomic E-state index is 11.0. The summed E-state index contributed by atoms with van der Waals surface area (Å²) in [6, 6.07) is 7.92. The number of aliphatic carboxylic acids is 1. The fraction of sp³-hybridized carbons (Fsp3) is 0.400. The Morgan fingerprint density at radius 2 is 2.00 bits per heavy atom. The molecule has 1 atom stereocenters. The Morgan fingerprint density at radius 1 is 1.39 bits per heavy atom. The van der Waals surface area contributed by atoms with Gasteiger partial charge in [0.1, 0.15) is 0 Å². The van der Waals surface area contributed by atoms with Crippen LogP contribution >= 0.6 is 0 Å². The van der Waals surface area contributed by atoms with Crippen molar-refractivity contribution < 1.29 is 9.90 Å². The van der Waals surface area contributed by atoms with Gasteiger partial charge in [0.15, 0.2) is 0 Å². The number of carboxylic acids is 1. The van der Waals surface area contributed by atoms with Crippen molar-refractivity contribution >= 4 is 11.7 Å². The molecular formula is C15H21NO2. The number of carboxylic acid groups (broad SMARTS) is 1. The summed E-state index contributed by atoms with van der Waals surface area (Å²) in [5.41, 5.74) is 3.17. The SMILES string of the molecule is C=C(C)CNc1ccc(CC(CC)C(=O)O)cc1. The molecule has 0 aliphatic heterocycles. The normalized spacial score (nSPS) is 11.9. The van der Waals surface area contributed by atoms with Crippen LogP contribution in [0.15, 0.2) is 36.4 Å². The summed E-state index contributed by atoms with van der Waals surface area (Å²) in [7, 11) is 0. The average Bonchev–Trinajstić information content (AvgIpc) is 2.34. The standard InChI is InChI=1S/C15H21NO2/c1-4-13(15(17)18)9-12-5-7-14(8-6-12)16-10-11(2)3/h5-8,13,16H,2,4,9-10H2,1,3H3,(H,17,18). The summed E-state index contributed by atoms with van der Waals surface area (Å²) in [4.78, 5) is 11.0. The first-order valence-electron chi connectivity index (χ1n) is 6.23. The minimum atomic E-state index is -0.720. The zero-order valence-electron chi connectivity index (χ0n) is 11.1. The Labute approximate surface area is 109 Å². The van der Waals surface area contributed by atoms with Crippen LogP contribution in [0.25, 0.3) is 0 Å². The smallest absolute Gasteiger partial charge is 0.306 e. The molecule has 3 heteroatoms. The van der Waals surface area contributed by atoms with Crippen LogP contribution in [0.4, 0.5) is 5.69 Å². The van der Waals surface area contributed by atoms with Gasteiger partial charge in [0.05, 0.1) is 5.92 Å². The van der Waals surface area contributed by atoms with Crippen molar-refractivity contribution in [1.82, 2.24) is 0 Å². The van der Waals surface area contributed by atoms with Crippen LogP contribution in [0, 0.1) is 5.92 Å². The van der Waals surface area contributed by atoms with E-state index >= 15 is 0 Å². The van der Waals surface area contributed by atoms with Gasteiger partial charge < -0.3 is 10.4 Å². The first-order chi connectivity index (χ1) is 8.52. The quantitative estimate of drug-likeness (QED) is 0.727. The molecule has 0 saturated carbocycles. The van der Waals surface area contributed by atoms with Gasteiger partial charge in [-0.3, -0.25) is 4.79 Å². The molecule has 1 rings (SSSR count). The van der Waals surface area contributed by atoms with Crippen LogP contribution in [0.3, 0.4) is 0 Å². The summed E-state index contributed by atoms with van der Waals surface area (Å²) in [5.74, 6) is -1.01. The van der Waals surface area contributed by atoms with Gasteiger partial charge in [-0.2, -0.15) is 0 Å². The number of rotatable bonds is 7. The highest BCUT2D eigenvalue weighted by molar-refractivity contribution is 5.70. The van der Waals surface area contributed by atoms with E-state index in [-0.39, 0.29) is 5.92 Å². The number of anilines is 1. The molecule has 2 N–H and O–H groups in total. The largest absolute Gasteiger partial charge is 0.481 e. The molecule has 0 aliphatic carbocycles. The van der Waals surface area contributed by atoms with Crippen molar-refractivity contribution in [1.29, 1.82) is 0 Å². The molecule has 98 valence electrons. The Hall–Kier alpha value is -1.77. The van der Waals surface area contributed by atoms with Gasteiger partial charge >= 0.3 is 5.97 Å². The predicted molar refractivity (Wildman–Crippen MR) is 74.9 cm³/mol. The van der Waals surface area contributed by atoms with Crippen molar-refractivity contribution in [2.24, 2.45) is 5.92 Å². The third-order valence-electron chi connectivity index (χ3n) is 2.87. The third kappa shape index (κ3) is 4.62. The van der Waals surface area contributed by atoms with E-state index in [1.54, 1.807) is 0 Å². The Balaban J connectivity index is 2.59. The second kappa shape index (κ2) is 6.84. The number of hydrogen-bond acceptors (Lipinski definition) is 2. The van der Waals surface area contributed by atoms with Crippen molar-refractivity contribution in [2.45, 2.75) is 26.7 Å². The zero-order chi connectivity index (χ0) is 13.5. The Kier molecular flexibility index (Phi) is 5.43. The summed E-state index contributed by atoms with van der Waals surface area (Å²) in [6.07, 6.45) is 1.25. The average molecular weight is 247 g/mol. The number of hydrogen-bond donors (Lipinski definition) is 2. The van der Waals surface area contributed by atoms with Crippen LogP contribution in [0.5, 0.6) is 0 Å². The van der Waals surface area contributed by atoms with Crippen molar-refractivity contribution in [2.75, 3.05) is 11.9 Å². The molecule has 0 spiro atoms. The minimum absolute atomic E-state index is 0.292. The van der Waals surface area contributed by atoms with Gasteiger partial charge in [0.2, 0.25) is 0 Å². The van der Waals surface area contributed by atoms with Crippen LogP contribution in [0.2, 0.25) is 0 Å². The molecule has 0 amide bonds. The van der Waals surface area contributed by atoms with Crippen molar-refractivity contribution in [3.63, 3.8) is 0 Å². The fourth-order valence-electron chi connectivity index (χ4n) is 1.70. The number of carbonyl (C=O) groups is 1. The molecule has 0 saturated heterocycles. The molecule has 1 unspecified atom stereocenters. The number of benzene rings is 1. The van der Waals surface area contributed by atoms with E-state index in [2.05, 4.69) is 11.9 Å². The van der Waals surface area contributed by atoms with E-state index in [0.29, 0.717) is 12.8 Å². The topological polar surface area (TPSA) is 49.3 Å². The van der Waals surface area contributed by atoms with E-state index in [1.807, 2.05) is 38.1 Å². The molecule has 0 radical (unpaired) electrons. The molecule has 1 aromatic rings. The number of nitrogens with one attached hydrogen (secondary N) is 1. The fourth-order valence-corrected chi connectivity index (χ4v) is 1.70. The molecule has 1 aromatic carbocycles. The van der Waals surface area contributed by atoms with E-state index < -0.39 is 5.97 Å². The van der Waals surface area contributed by atoms with E-state index in [4.69, 9.17) is 5.11 Å². The predicted octanol–water partition coefficient (Wildman–Crippen LogP) is 3.33. The monoisotopic (exact) mass is 247 g/mol. The Bertz CT molecular complexity index is 409. The maximum absolute atomic E-state index is 11.0. The molecule has 0 aromatic heterocycles.